The Morgan fingerprint density at radius 3 is 2.89 bits per heavy atom. The maximum Gasteiger partial charge on any atom is 0.319 e. The predicted octanol–water partition coefficient (Wildman–Crippen LogP) is 5.40. The van der Waals surface area contributed by atoms with E-state index in [0.717, 1.165) is 19.4 Å². The van der Waals surface area contributed by atoms with Crippen molar-refractivity contribution in [1.82, 2.24) is 25.2 Å². The number of hydrogen-bond donors (Lipinski definition) is 2. The summed E-state index contributed by atoms with van der Waals surface area (Å²) in [6.45, 7) is 1.03. The van der Waals surface area contributed by atoms with Crippen LogP contribution in [-0.2, 0) is 0 Å². The van der Waals surface area contributed by atoms with Gasteiger partial charge >= 0.3 is 6.01 Å². The molecule has 238 valence electrons. The van der Waals surface area contributed by atoms with Crippen molar-refractivity contribution in [2.45, 2.75) is 69.2 Å². The molecule has 4 saturated heterocycles. The van der Waals surface area contributed by atoms with Crippen molar-refractivity contribution in [2.24, 2.45) is 0 Å². The number of halogens is 3. The summed E-state index contributed by atoms with van der Waals surface area (Å²) in [5, 5.41) is 14.8. The van der Waals surface area contributed by atoms with Crippen LogP contribution in [0.3, 0.4) is 0 Å². The van der Waals surface area contributed by atoms with Crippen molar-refractivity contribution in [1.29, 1.82) is 0 Å². The minimum atomic E-state index is -2.31. The molecule has 4 fully saturated rings. The predicted molar refractivity (Wildman–Crippen MR) is 170 cm³/mol. The fourth-order valence-electron chi connectivity index (χ4n) is 8.21. The number of aryl methyl sites for hydroxylation is 1. The molecule has 2 N–H and O–H groups in total. The van der Waals surface area contributed by atoms with Gasteiger partial charge in [0.25, 0.3) is 0 Å². The molecule has 4 aliphatic heterocycles. The molecule has 6 heterocycles. The number of alkyl halides is 1. The minimum Gasteiger partial charge on any atom is -0.508 e. The van der Waals surface area contributed by atoms with Crippen molar-refractivity contribution < 1.29 is 27.1 Å². The van der Waals surface area contributed by atoms with E-state index in [1.807, 2.05) is 4.90 Å². The van der Waals surface area contributed by atoms with E-state index in [1.54, 1.807) is 6.92 Å². The van der Waals surface area contributed by atoms with E-state index < -0.39 is 35.7 Å². The summed E-state index contributed by atoms with van der Waals surface area (Å²) >= 11 is 0. The van der Waals surface area contributed by atoms with E-state index in [-0.39, 0.29) is 69.9 Å². The standard InChI is InChI=1S/C35H35F3N6O2/c1-4-24-26(37)7-6-20-12-23(45)13-25(28(20)24)30-29(38)31-27(19(2)39-30)32(43-16-22-8-10-34(3,17-43)42-22)41-33(40-31)46-18-35-9-5-11-44(35)15-21(36)14-35/h1,6-7,12-13,21-22,42,45H,5,8-11,14-18H2,2-3H3/t21-,22?,34?,35+/m1/s1/i3D3. The van der Waals surface area contributed by atoms with Gasteiger partial charge in [0, 0.05) is 52.7 Å². The molecule has 0 amide bonds. The lowest BCUT2D eigenvalue weighted by molar-refractivity contribution is 0.107. The number of ether oxygens (including phenoxy) is 1. The number of phenols is 1. The first-order chi connectivity index (χ1) is 23.3. The van der Waals surface area contributed by atoms with Crippen molar-refractivity contribution >= 4 is 27.5 Å². The maximum absolute atomic E-state index is 17.1. The van der Waals surface area contributed by atoms with Crippen LogP contribution in [0.25, 0.3) is 32.9 Å². The molecule has 2 unspecified atom stereocenters. The third-order valence-electron chi connectivity index (χ3n) is 10.2. The third kappa shape index (κ3) is 4.56. The molecule has 0 saturated carbocycles. The van der Waals surface area contributed by atoms with Crippen molar-refractivity contribution in [3.8, 4) is 35.4 Å². The summed E-state index contributed by atoms with van der Waals surface area (Å²) in [7, 11) is 0. The monoisotopic (exact) mass is 631 g/mol. The van der Waals surface area contributed by atoms with Gasteiger partial charge in [0.05, 0.1) is 22.2 Å². The average Bonchev–Trinajstić information content (AvgIpc) is 3.69. The molecule has 4 aromatic rings. The number of nitrogens with one attached hydrogen (secondary N) is 1. The molecule has 4 atom stereocenters. The summed E-state index contributed by atoms with van der Waals surface area (Å²) < 4.78 is 77.9. The molecule has 4 aliphatic rings. The number of aromatic hydroxyl groups is 1. The molecule has 8 rings (SSSR count). The minimum absolute atomic E-state index is 0.0783. The summed E-state index contributed by atoms with van der Waals surface area (Å²) in [5.74, 6) is 0.884. The van der Waals surface area contributed by atoms with Crippen LogP contribution in [0.15, 0.2) is 24.3 Å². The second kappa shape index (κ2) is 10.4. The quantitative estimate of drug-likeness (QED) is 0.283. The van der Waals surface area contributed by atoms with E-state index >= 15 is 4.39 Å². The van der Waals surface area contributed by atoms with E-state index in [2.05, 4.69) is 26.1 Å². The number of hydrogen-bond acceptors (Lipinski definition) is 8. The number of aromatic nitrogens is 3. The number of piperazine rings is 1. The highest BCUT2D eigenvalue weighted by molar-refractivity contribution is 6.03. The van der Waals surface area contributed by atoms with Crippen LogP contribution < -0.4 is 15.0 Å². The van der Waals surface area contributed by atoms with Crippen molar-refractivity contribution in [2.75, 3.05) is 37.7 Å². The zero-order valence-corrected chi connectivity index (χ0v) is 25.3. The van der Waals surface area contributed by atoms with Gasteiger partial charge in [-0.1, -0.05) is 12.0 Å². The molecule has 0 spiro atoms. The Kier molecular flexibility index (Phi) is 5.90. The highest BCUT2D eigenvalue weighted by Crippen LogP contribution is 2.43. The topological polar surface area (TPSA) is 86.6 Å². The lowest BCUT2D eigenvalue weighted by Crippen LogP contribution is -2.58. The molecular formula is C35H35F3N6O2. The third-order valence-corrected chi connectivity index (χ3v) is 10.2. The van der Waals surface area contributed by atoms with Gasteiger partial charge in [0.15, 0.2) is 5.82 Å². The molecule has 0 radical (unpaired) electrons. The lowest BCUT2D eigenvalue weighted by atomic mass is 9.95. The summed E-state index contributed by atoms with van der Waals surface area (Å²) in [4.78, 5) is 17.9. The maximum atomic E-state index is 17.1. The Morgan fingerprint density at radius 1 is 1.20 bits per heavy atom. The SMILES string of the molecule is [2H]C([2H])([2H])C12CCC(CN(c3nc(OC[C@@]45CCCN4C[C@H](F)C5)nc4c(F)c(-c5cc(O)cc6ccc(F)c(C#C)c56)nc(C)c34)C1)N2. The highest BCUT2D eigenvalue weighted by Gasteiger charge is 2.49. The second-order valence-corrected chi connectivity index (χ2v) is 13.3. The van der Waals surface area contributed by atoms with Crippen molar-refractivity contribution in [3.63, 3.8) is 0 Å². The number of rotatable bonds is 5. The van der Waals surface area contributed by atoms with Crippen LogP contribution in [0.2, 0.25) is 0 Å². The van der Waals surface area contributed by atoms with E-state index in [9.17, 15) is 13.9 Å². The molecular weight excluding hydrogens is 593 g/mol. The van der Waals surface area contributed by atoms with Crippen LogP contribution in [0, 0.1) is 30.9 Å². The van der Waals surface area contributed by atoms with Crippen LogP contribution in [-0.4, -0.2) is 81.0 Å². The molecule has 11 heteroatoms. The molecule has 8 nitrogen and oxygen atoms in total. The molecule has 0 aliphatic carbocycles. The van der Waals surface area contributed by atoms with E-state index in [0.29, 0.717) is 43.4 Å². The average molecular weight is 632 g/mol. The van der Waals surface area contributed by atoms with Gasteiger partial charge in [-0.3, -0.25) is 4.90 Å². The fraction of sp³-hybridized carbons (Fsp3) is 0.457. The number of nitrogens with zero attached hydrogens (tertiary/aromatic N) is 5. The van der Waals surface area contributed by atoms with Crippen LogP contribution in [0.5, 0.6) is 11.8 Å². The zero-order chi connectivity index (χ0) is 34.5. The van der Waals surface area contributed by atoms with Crippen molar-refractivity contribution in [3.05, 3.63) is 47.2 Å². The highest BCUT2D eigenvalue weighted by atomic mass is 19.1. The first-order valence-electron chi connectivity index (χ1n) is 17.2. The van der Waals surface area contributed by atoms with Gasteiger partial charge in [0.2, 0.25) is 0 Å². The largest absolute Gasteiger partial charge is 0.508 e. The van der Waals surface area contributed by atoms with Gasteiger partial charge in [-0.25, -0.2) is 18.2 Å². The first kappa shape index (κ1) is 26.0. The Hall–Kier alpha value is -4.14. The fourth-order valence-corrected chi connectivity index (χ4v) is 8.21. The second-order valence-electron chi connectivity index (χ2n) is 13.3. The van der Waals surface area contributed by atoms with Crippen LogP contribution in [0.1, 0.15) is 54.3 Å². The van der Waals surface area contributed by atoms with E-state index in [1.165, 1.54) is 24.3 Å². The van der Waals surface area contributed by atoms with Crippen LogP contribution >= 0.6 is 0 Å². The first-order valence-corrected chi connectivity index (χ1v) is 15.7. The number of phenolic OH excluding ortho intramolecular Hbond substituents is 1. The van der Waals surface area contributed by atoms with Gasteiger partial charge < -0.3 is 20.1 Å². The molecule has 2 aromatic heterocycles. The molecule has 46 heavy (non-hydrogen) atoms. The Labute approximate surface area is 269 Å². The number of anilines is 1. The summed E-state index contributed by atoms with van der Waals surface area (Å²) in [6, 6.07) is 5.06. The molecule has 2 bridgehead atoms. The Morgan fingerprint density at radius 2 is 2.07 bits per heavy atom. The lowest BCUT2D eigenvalue weighted by Gasteiger charge is -2.40. The van der Waals surface area contributed by atoms with Gasteiger partial charge in [-0.15, -0.1) is 6.42 Å². The van der Waals surface area contributed by atoms with Gasteiger partial charge in [0.1, 0.15) is 41.4 Å². The number of terminal acetylenes is 1. The molecule has 2 aromatic carbocycles. The number of pyridine rings is 1. The Balaban J connectivity index is 1.32. The van der Waals surface area contributed by atoms with Gasteiger partial charge in [-0.05, 0) is 69.6 Å². The van der Waals surface area contributed by atoms with E-state index in [4.69, 9.17) is 20.3 Å². The summed E-state index contributed by atoms with van der Waals surface area (Å²) in [6.07, 6.45) is 7.77. The number of fused-ring (bicyclic) bond motifs is 5. The van der Waals surface area contributed by atoms with Crippen LogP contribution in [0.4, 0.5) is 19.0 Å². The normalized spacial score (nSPS) is 28.7. The zero-order valence-electron chi connectivity index (χ0n) is 28.3. The Bertz CT molecular complexity index is 2080. The summed E-state index contributed by atoms with van der Waals surface area (Å²) in [5.41, 5.74) is -1.75. The smallest absolute Gasteiger partial charge is 0.319 e. The number of benzene rings is 2. The van der Waals surface area contributed by atoms with Gasteiger partial charge in [-0.2, -0.15) is 9.97 Å².